The van der Waals surface area contributed by atoms with Crippen LogP contribution in [-0.4, -0.2) is 9.13 Å². The molecule has 3 nitrogen and oxygen atoms in total. The van der Waals surface area contributed by atoms with Crippen LogP contribution >= 0.6 is 0 Å². The molecule has 0 aliphatic heterocycles. The Bertz CT molecular complexity index is 2830. The summed E-state index contributed by atoms with van der Waals surface area (Å²) in [6.45, 7) is 0. The molecule has 51 heavy (non-hydrogen) atoms. The quantitative estimate of drug-likeness (QED) is 0.190. The summed E-state index contributed by atoms with van der Waals surface area (Å²) >= 11 is 0. The Morgan fingerprint density at radius 2 is 0.824 bits per heavy atom. The van der Waals surface area contributed by atoms with Gasteiger partial charge in [-0.2, -0.15) is 0 Å². The molecule has 2 aromatic heterocycles. The Hall–Kier alpha value is -6.84. The number of hydrogen-bond acceptors (Lipinski definition) is 1. The van der Waals surface area contributed by atoms with Gasteiger partial charge in [0.25, 0.3) is 0 Å². The van der Waals surface area contributed by atoms with Gasteiger partial charge in [0, 0.05) is 49.9 Å². The maximum Gasteiger partial charge on any atom is 0.0541 e. The zero-order valence-corrected chi connectivity index (χ0v) is 27.9. The number of nitrogens with zero attached hydrogens (tertiary/aromatic N) is 2. The molecular weight excluding hydrogens is 619 g/mol. The van der Waals surface area contributed by atoms with Crippen molar-refractivity contribution in [1.82, 2.24) is 9.13 Å². The Morgan fingerprint density at radius 1 is 0.314 bits per heavy atom. The molecule has 0 unspecified atom stereocenters. The van der Waals surface area contributed by atoms with Crippen molar-refractivity contribution >= 4 is 55.0 Å². The normalized spacial score (nSPS) is 11.5. The molecule has 10 rings (SSSR count). The van der Waals surface area contributed by atoms with Gasteiger partial charge in [-0.3, -0.25) is 0 Å². The first-order chi connectivity index (χ1) is 25.3. The molecule has 240 valence electrons. The minimum atomic E-state index is 1.04. The molecule has 0 aliphatic rings. The van der Waals surface area contributed by atoms with Gasteiger partial charge in [0.15, 0.2) is 0 Å². The molecule has 1 N–H and O–H groups in total. The van der Waals surface area contributed by atoms with E-state index in [2.05, 4.69) is 209 Å². The average molecular weight is 652 g/mol. The fourth-order valence-corrected chi connectivity index (χ4v) is 7.78. The van der Waals surface area contributed by atoms with E-state index < -0.39 is 0 Å². The van der Waals surface area contributed by atoms with Gasteiger partial charge in [-0.15, -0.1) is 0 Å². The van der Waals surface area contributed by atoms with Crippen molar-refractivity contribution < 1.29 is 0 Å². The highest BCUT2D eigenvalue weighted by molar-refractivity contribution is 6.11. The number of rotatable bonds is 6. The third-order valence-electron chi connectivity index (χ3n) is 10.1. The lowest BCUT2D eigenvalue weighted by atomic mass is 9.96. The first-order valence-corrected chi connectivity index (χ1v) is 17.4. The van der Waals surface area contributed by atoms with E-state index in [0.717, 1.165) is 22.6 Å². The third-order valence-corrected chi connectivity index (χ3v) is 10.1. The fraction of sp³-hybridized carbons (Fsp3) is 0. The summed E-state index contributed by atoms with van der Waals surface area (Å²) in [6, 6.07) is 69.7. The van der Waals surface area contributed by atoms with Crippen molar-refractivity contribution in [3.05, 3.63) is 194 Å². The third kappa shape index (κ3) is 4.90. The summed E-state index contributed by atoms with van der Waals surface area (Å²) in [7, 11) is 0. The molecule has 0 bridgehead atoms. The van der Waals surface area contributed by atoms with Gasteiger partial charge < -0.3 is 14.5 Å². The van der Waals surface area contributed by atoms with Crippen LogP contribution in [0.4, 0.5) is 11.4 Å². The smallest absolute Gasteiger partial charge is 0.0541 e. The van der Waals surface area contributed by atoms with Crippen molar-refractivity contribution in [2.75, 3.05) is 5.32 Å². The second-order valence-corrected chi connectivity index (χ2v) is 13.1. The number of benzene rings is 8. The highest BCUT2D eigenvalue weighted by atomic mass is 15.0. The lowest BCUT2D eigenvalue weighted by Gasteiger charge is -2.16. The van der Waals surface area contributed by atoms with Crippen molar-refractivity contribution in [2.45, 2.75) is 0 Å². The minimum Gasteiger partial charge on any atom is -0.355 e. The minimum absolute atomic E-state index is 1.04. The van der Waals surface area contributed by atoms with E-state index in [0.29, 0.717) is 0 Å². The number of anilines is 2. The van der Waals surface area contributed by atoms with Crippen LogP contribution in [0.2, 0.25) is 0 Å². The molecule has 0 spiro atoms. The van der Waals surface area contributed by atoms with Crippen LogP contribution in [-0.2, 0) is 0 Å². The molecule has 0 amide bonds. The van der Waals surface area contributed by atoms with E-state index in [1.54, 1.807) is 0 Å². The summed E-state index contributed by atoms with van der Waals surface area (Å²) in [5.41, 5.74) is 13.9. The summed E-state index contributed by atoms with van der Waals surface area (Å²) in [4.78, 5) is 0. The predicted octanol–water partition coefficient (Wildman–Crippen LogP) is 13.0. The molecule has 8 aromatic carbocycles. The summed E-state index contributed by atoms with van der Waals surface area (Å²) < 4.78 is 4.73. The SMILES string of the molecule is c1ccc(-c2cc(-c3ccc4c(c3)c3ccccc3n4-c3ccccc3)ccc2Nc2cccc(-n3c4ccccc4c4ccccc43)c2)cc1. The van der Waals surface area contributed by atoms with E-state index in [1.165, 1.54) is 66.0 Å². The molecule has 0 saturated carbocycles. The van der Waals surface area contributed by atoms with Crippen LogP contribution < -0.4 is 5.32 Å². The Balaban J connectivity index is 1.08. The topological polar surface area (TPSA) is 21.9 Å². The second kappa shape index (κ2) is 11.9. The maximum atomic E-state index is 3.81. The fourth-order valence-electron chi connectivity index (χ4n) is 7.78. The Labute approximate surface area is 296 Å². The summed E-state index contributed by atoms with van der Waals surface area (Å²) in [6.07, 6.45) is 0. The zero-order valence-electron chi connectivity index (χ0n) is 27.9. The van der Waals surface area contributed by atoms with Gasteiger partial charge in [-0.1, -0.05) is 121 Å². The van der Waals surface area contributed by atoms with E-state index >= 15 is 0 Å². The Morgan fingerprint density at radius 3 is 1.51 bits per heavy atom. The molecule has 0 fully saturated rings. The molecular formula is C48H33N3. The van der Waals surface area contributed by atoms with Gasteiger partial charge in [0.1, 0.15) is 0 Å². The zero-order chi connectivity index (χ0) is 33.7. The van der Waals surface area contributed by atoms with E-state index in [4.69, 9.17) is 0 Å². The lowest BCUT2D eigenvalue weighted by Crippen LogP contribution is -1.98. The molecule has 3 heteroatoms. The number of hydrogen-bond donors (Lipinski definition) is 1. The van der Waals surface area contributed by atoms with Crippen molar-refractivity contribution in [2.24, 2.45) is 0 Å². The van der Waals surface area contributed by atoms with Gasteiger partial charge in [0.05, 0.1) is 22.1 Å². The largest absolute Gasteiger partial charge is 0.355 e. The number of fused-ring (bicyclic) bond motifs is 6. The monoisotopic (exact) mass is 651 g/mol. The van der Waals surface area contributed by atoms with E-state index in [1.807, 2.05) is 0 Å². The van der Waals surface area contributed by atoms with Crippen LogP contribution in [0.3, 0.4) is 0 Å². The van der Waals surface area contributed by atoms with E-state index in [-0.39, 0.29) is 0 Å². The molecule has 0 saturated heterocycles. The predicted molar refractivity (Wildman–Crippen MR) is 216 cm³/mol. The van der Waals surface area contributed by atoms with Crippen LogP contribution in [0.5, 0.6) is 0 Å². The second-order valence-electron chi connectivity index (χ2n) is 13.1. The highest BCUT2D eigenvalue weighted by Crippen LogP contribution is 2.39. The molecule has 0 aliphatic carbocycles. The van der Waals surface area contributed by atoms with Gasteiger partial charge in [-0.25, -0.2) is 0 Å². The van der Waals surface area contributed by atoms with Gasteiger partial charge in [-0.05, 0) is 89.5 Å². The van der Waals surface area contributed by atoms with Crippen LogP contribution in [0, 0.1) is 0 Å². The summed E-state index contributed by atoms with van der Waals surface area (Å²) in [5, 5.41) is 8.83. The van der Waals surface area contributed by atoms with Gasteiger partial charge in [0.2, 0.25) is 0 Å². The number of aromatic nitrogens is 2. The maximum absolute atomic E-state index is 3.81. The molecule has 0 atom stereocenters. The van der Waals surface area contributed by atoms with Crippen molar-refractivity contribution in [3.8, 4) is 33.6 Å². The van der Waals surface area contributed by atoms with Crippen LogP contribution in [0.1, 0.15) is 0 Å². The molecule has 2 heterocycles. The standard InChI is InChI=1S/C48H33N3/c1-3-14-33(15-4-1)42-30-34(35-27-29-48-43(31-35)41-22-9-12-25-47(41)50(48)37-17-5-2-6-18-37)26-28-44(42)49-36-16-13-19-38(32-36)51-45-23-10-7-20-39(45)40-21-8-11-24-46(40)51/h1-32,49H. The van der Waals surface area contributed by atoms with Gasteiger partial charge >= 0.3 is 0 Å². The average Bonchev–Trinajstić information content (AvgIpc) is 3.72. The molecule has 10 aromatic rings. The van der Waals surface area contributed by atoms with Crippen LogP contribution in [0.25, 0.3) is 77.2 Å². The first kappa shape index (κ1) is 29.1. The summed E-state index contributed by atoms with van der Waals surface area (Å²) in [5.74, 6) is 0. The highest BCUT2D eigenvalue weighted by Gasteiger charge is 2.16. The lowest BCUT2D eigenvalue weighted by molar-refractivity contribution is 1.18. The Kier molecular flexibility index (Phi) is 6.81. The first-order valence-electron chi connectivity index (χ1n) is 17.4. The van der Waals surface area contributed by atoms with Crippen LogP contribution in [0.15, 0.2) is 194 Å². The number of nitrogens with one attached hydrogen (secondary N) is 1. The van der Waals surface area contributed by atoms with Crippen molar-refractivity contribution in [3.63, 3.8) is 0 Å². The van der Waals surface area contributed by atoms with E-state index in [9.17, 15) is 0 Å². The number of para-hydroxylation sites is 4. The van der Waals surface area contributed by atoms with Crippen molar-refractivity contribution in [1.29, 1.82) is 0 Å². The molecule has 0 radical (unpaired) electrons.